The summed E-state index contributed by atoms with van der Waals surface area (Å²) in [6.07, 6.45) is 0. The number of rotatable bonds is 3. The summed E-state index contributed by atoms with van der Waals surface area (Å²) in [4.78, 5) is 4.45. The van der Waals surface area contributed by atoms with Crippen LogP contribution >= 0.6 is 23.2 Å². The second-order valence-corrected chi connectivity index (χ2v) is 4.79. The highest BCUT2D eigenvalue weighted by Gasteiger charge is 2.15. The maximum Gasteiger partial charge on any atom is 0.0882 e. The van der Waals surface area contributed by atoms with Gasteiger partial charge in [-0.25, -0.2) is 5.43 Å². The van der Waals surface area contributed by atoms with Crippen LogP contribution in [0.3, 0.4) is 0 Å². The van der Waals surface area contributed by atoms with Crippen LogP contribution in [0.1, 0.15) is 23.0 Å². The third-order valence-corrected chi connectivity index (χ3v) is 3.39. The van der Waals surface area contributed by atoms with Crippen molar-refractivity contribution in [3.05, 3.63) is 63.4 Å². The zero-order valence-corrected chi connectivity index (χ0v) is 11.3. The molecule has 2 aromatic rings. The number of nitrogens with one attached hydrogen (secondary N) is 1. The molecule has 1 atom stereocenters. The van der Waals surface area contributed by atoms with Crippen LogP contribution in [0, 0.1) is 6.92 Å². The van der Waals surface area contributed by atoms with Crippen molar-refractivity contribution in [3.63, 3.8) is 0 Å². The predicted octanol–water partition coefficient (Wildman–Crippen LogP) is 3.25. The highest BCUT2D eigenvalue weighted by Crippen LogP contribution is 2.27. The third-order valence-electron chi connectivity index (χ3n) is 2.65. The van der Waals surface area contributed by atoms with Gasteiger partial charge < -0.3 is 0 Å². The van der Waals surface area contributed by atoms with Gasteiger partial charge in [-0.3, -0.25) is 10.8 Å². The van der Waals surface area contributed by atoms with Crippen LogP contribution in [0.4, 0.5) is 0 Å². The maximum absolute atomic E-state index is 6.01. The number of aryl methyl sites for hydroxylation is 1. The van der Waals surface area contributed by atoms with Crippen molar-refractivity contribution >= 4 is 23.2 Å². The molecule has 1 aromatic carbocycles. The minimum absolute atomic E-state index is 0.209. The average molecular weight is 282 g/mol. The SMILES string of the molecule is Cc1cccc(C(NN)c2ccc(Cl)c(Cl)c2)n1. The Morgan fingerprint density at radius 1 is 1.17 bits per heavy atom. The molecule has 18 heavy (non-hydrogen) atoms. The van der Waals surface area contributed by atoms with E-state index in [0.717, 1.165) is 17.0 Å². The van der Waals surface area contributed by atoms with E-state index in [1.165, 1.54) is 0 Å². The van der Waals surface area contributed by atoms with Crippen molar-refractivity contribution < 1.29 is 0 Å². The molecule has 2 rings (SSSR count). The molecule has 94 valence electrons. The van der Waals surface area contributed by atoms with Gasteiger partial charge in [0, 0.05) is 5.69 Å². The molecule has 3 N–H and O–H groups in total. The first-order chi connectivity index (χ1) is 8.61. The van der Waals surface area contributed by atoms with E-state index in [2.05, 4.69) is 10.4 Å². The smallest absolute Gasteiger partial charge is 0.0882 e. The van der Waals surface area contributed by atoms with Crippen LogP contribution in [-0.2, 0) is 0 Å². The van der Waals surface area contributed by atoms with Gasteiger partial charge in [-0.2, -0.15) is 0 Å². The largest absolute Gasteiger partial charge is 0.271 e. The van der Waals surface area contributed by atoms with E-state index >= 15 is 0 Å². The van der Waals surface area contributed by atoms with Crippen LogP contribution in [0.15, 0.2) is 36.4 Å². The van der Waals surface area contributed by atoms with Gasteiger partial charge in [-0.1, -0.05) is 35.3 Å². The number of halogens is 2. The van der Waals surface area contributed by atoms with Gasteiger partial charge >= 0.3 is 0 Å². The molecule has 0 radical (unpaired) electrons. The Labute approximate surface area is 116 Å². The van der Waals surface area contributed by atoms with Crippen molar-refractivity contribution in [1.82, 2.24) is 10.4 Å². The number of nitrogens with two attached hydrogens (primary N) is 1. The second kappa shape index (κ2) is 5.67. The first kappa shape index (κ1) is 13.3. The molecule has 0 aliphatic rings. The quantitative estimate of drug-likeness (QED) is 0.671. The highest BCUT2D eigenvalue weighted by atomic mass is 35.5. The lowest BCUT2D eigenvalue weighted by atomic mass is 10.0. The number of hydrogen-bond donors (Lipinski definition) is 2. The number of hydrazine groups is 1. The maximum atomic E-state index is 6.01. The molecule has 0 amide bonds. The molecule has 0 bridgehead atoms. The van der Waals surface area contributed by atoms with Gasteiger partial charge in [0.2, 0.25) is 0 Å². The molecule has 5 heteroatoms. The Kier molecular flexibility index (Phi) is 4.19. The molecule has 0 aliphatic heterocycles. The third kappa shape index (κ3) is 2.82. The molecule has 1 heterocycles. The zero-order valence-electron chi connectivity index (χ0n) is 9.82. The monoisotopic (exact) mass is 281 g/mol. The van der Waals surface area contributed by atoms with Crippen LogP contribution in [-0.4, -0.2) is 4.98 Å². The van der Waals surface area contributed by atoms with Crippen LogP contribution in [0.5, 0.6) is 0 Å². The number of hydrogen-bond acceptors (Lipinski definition) is 3. The summed E-state index contributed by atoms with van der Waals surface area (Å²) in [7, 11) is 0. The predicted molar refractivity (Wildman–Crippen MR) is 74.6 cm³/mol. The number of aromatic nitrogens is 1. The fraction of sp³-hybridized carbons (Fsp3) is 0.154. The van der Waals surface area contributed by atoms with Gasteiger partial charge in [0.05, 0.1) is 21.8 Å². The van der Waals surface area contributed by atoms with Crippen molar-refractivity contribution in [1.29, 1.82) is 0 Å². The topological polar surface area (TPSA) is 50.9 Å². The Bertz CT molecular complexity index is 558. The van der Waals surface area contributed by atoms with E-state index in [-0.39, 0.29) is 6.04 Å². The van der Waals surface area contributed by atoms with E-state index in [9.17, 15) is 0 Å². The molecule has 0 spiro atoms. The van der Waals surface area contributed by atoms with Crippen molar-refractivity contribution in [2.24, 2.45) is 5.84 Å². The van der Waals surface area contributed by atoms with Crippen molar-refractivity contribution in [2.75, 3.05) is 0 Å². The Morgan fingerprint density at radius 2 is 1.94 bits per heavy atom. The van der Waals surface area contributed by atoms with Gasteiger partial charge in [0.15, 0.2) is 0 Å². The standard InChI is InChI=1S/C13H13Cl2N3/c1-8-3-2-4-12(17-8)13(18-16)9-5-6-10(14)11(15)7-9/h2-7,13,18H,16H2,1H3. The van der Waals surface area contributed by atoms with Gasteiger partial charge in [0.25, 0.3) is 0 Å². The lowest BCUT2D eigenvalue weighted by Crippen LogP contribution is -2.29. The fourth-order valence-electron chi connectivity index (χ4n) is 1.77. The van der Waals surface area contributed by atoms with Crippen LogP contribution < -0.4 is 11.3 Å². The van der Waals surface area contributed by atoms with Crippen LogP contribution in [0.25, 0.3) is 0 Å². The van der Waals surface area contributed by atoms with Crippen molar-refractivity contribution in [2.45, 2.75) is 13.0 Å². The first-order valence-electron chi connectivity index (χ1n) is 5.46. The van der Waals surface area contributed by atoms with Crippen molar-refractivity contribution in [3.8, 4) is 0 Å². The molecule has 1 unspecified atom stereocenters. The molecule has 1 aromatic heterocycles. The summed E-state index contributed by atoms with van der Waals surface area (Å²) in [5.41, 5.74) is 5.45. The van der Waals surface area contributed by atoms with E-state index in [0.29, 0.717) is 10.0 Å². The van der Waals surface area contributed by atoms with Crippen LogP contribution in [0.2, 0.25) is 10.0 Å². The summed E-state index contributed by atoms with van der Waals surface area (Å²) in [6, 6.07) is 11.0. The van der Waals surface area contributed by atoms with E-state index in [4.69, 9.17) is 29.0 Å². The molecular formula is C13H13Cl2N3. The molecule has 0 fully saturated rings. The number of pyridine rings is 1. The van der Waals surface area contributed by atoms with Gasteiger partial charge in [-0.15, -0.1) is 0 Å². The minimum Gasteiger partial charge on any atom is -0.271 e. The molecule has 0 saturated heterocycles. The lowest BCUT2D eigenvalue weighted by molar-refractivity contribution is 0.619. The average Bonchev–Trinajstić information content (AvgIpc) is 2.35. The molecule has 3 nitrogen and oxygen atoms in total. The summed E-state index contributed by atoms with van der Waals surface area (Å²) in [6.45, 7) is 1.94. The Morgan fingerprint density at radius 3 is 2.56 bits per heavy atom. The highest BCUT2D eigenvalue weighted by molar-refractivity contribution is 6.42. The fourth-order valence-corrected chi connectivity index (χ4v) is 2.08. The zero-order chi connectivity index (χ0) is 13.1. The second-order valence-electron chi connectivity index (χ2n) is 3.98. The molecular weight excluding hydrogens is 269 g/mol. The summed E-state index contributed by atoms with van der Waals surface area (Å²) < 4.78 is 0. The lowest BCUT2D eigenvalue weighted by Gasteiger charge is -2.16. The van der Waals surface area contributed by atoms with Gasteiger partial charge in [0.1, 0.15) is 0 Å². The van der Waals surface area contributed by atoms with E-state index in [1.807, 2.05) is 31.2 Å². The van der Waals surface area contributed by atoms with E-state index in [1.54, 1.807) is 12.1 Å². The minimum atomic E-state index is -0.209. The molecule has 0 aliphatic carbocycles. The number of benzene rings is 1. The first-order valence-corrected chi connectivity index (χ1v) is 6.22. The summed E-state index contributed by atoms with van der Waals surface area (Å²) in [5, 5.41) is 1.02. The summed E-state index contributed by atoms with van der Waals surface area (Å²) in [5.74, 6) is 5.61. The van der Waals surface area contributed by atoms with E-state index < -0.39 is 0 Å². The van der Waals surface area contributed by atoms with Gasteiger partial charge in [-0.05, 0) is 36.8 Å². The summed E-state index contributed by atoms with van der Waals surface area (Å²) >= 11 is 11.9. The normalized spacial score (nSPS) is 12.4. The Hall–Kier alpha value is -1.13. The Balaban J connectivity index is 2.42. The molecule has 0 saturated carbocycles. The number of nitrogens with zero attached hydrogens (tertiary/aromatic N) is 1.